The molecule has 0 heterocycles. The number of carboxylic acids is 1. The van der Waals surface area contributed by atoms with Crippen LogP contribution in [0.15, 0.2) is 0 Å². The fraction of sp³-hybridized carbons (Fsp3) is 0.800. The van der Waals surface area contributed by atoms with Gasteiger partial charge in [0.25, 0.3) is 0 Å². The molecule has 1 unspecified atom stereocenters. The van der Waals surface area contributed by atoms with Gasteiger partial charge in [-0.2, -0.15) is 0 Å². The van der Waals surface area contributed by atoms with Crippen molar-refractivity contribution in [1.29, 1.82) is 0 Å². The number of hydrogen-bond donors (Lipinski definition) is 2. The summed E-state index contributed by atoms with van der Waals surface area (Å²) in [6, 6.07) is -0.583. The first-order valence-electron chi connectivity index (χ1n) is 5.02. The van der Waals surface area contributed by atoms with Gasteiger partial charge in [-0.3, -0.25) is 9.59 Å². The van der Waals surface area contributed by atoms with Crippen LogP contribution in [0.4, 0.5) is 0 Å². The number of carbonyl (C=O) groups is 2. The minimum atomic E-state index is -0.873. The van der Waals surface area contributed by atoms with Crippen molar-refractivity contribution < 1.29 is 14.7 Å². The zero-order valence-electron chi connectivity index (χ0n) is 9.78. The van der Waals surface area contributed by atoms with Crippen molar-refractivity contribution in [2.75, 3.05) is 20.6 Å². The Kier molecular flexibility index (Phi) is 5.93. The van der Waals surface area contributed by atoms with Gasteiger partial charge < -0.3 is 15.3 Å². The summed E-state index contributed by atoms with van der Waals surface area (Å²) in [4.78, 5) is 23.5. The predicted molar refractivity (Wildman–Crippen MR) is 57.6 cm³/mol. The number of carboxylic acid groups (broad SMARTS) is 1. The minimum absolute atomic E-state index is 0.00426. The van der Waals surface area contributed by atoms with Gasteiger partial charge in [-0.25, -0.2) is 0 Å². The third-order valence-electron chi connectivity index (χ3n) is 2.13. The maximum atomic E-state index is 11.2. The molecule has 0 fully saturated rings. The average Bonchev–Trinajstić information content (AvgIpc) is 2.10. The minimum Gasteiger partial charge on any atom is -0.480 e. The monoisotopic (exact) mass is 216 g/mol. The largest absolute Gasteiger partial charge is 0.480 e. The fourth-order valence-electron chi connectivity index (χ4n) is 1.17. The number of nitrogens with one attached hydrogen (secondary N) is 1. The Morgan fingerprint density at radius 3 is 2.20 bits per heavy atom. The summed E-state index contributed by atoms with van der Waals surface area (Å²) in [5, 5.41) is 11.7. The first-order valence-corrected chi connectivity index (χ1v) is 5.02. The van der Waals surface area contributed by atoms with E-state index >= 15 is 0 Å². The second kappa shape index (κ2) is 6.40. The summed E-state index contributed by atoms with van der Waals surface area (Å²) in [6.45, 7) is 4.06. The summed E-state index contributed by atoms with van der Waals surface area (Å²) in [6.07, 6.45) is 0.323. The van der Waals surface area contributed by atoms with Crippen molar-refractivity contribution in [3.8, 4) is 0 Å². The van der Waals surface area contributed by atoms with Gasteiger partial charge in [0.15, 0.2) is 0 Å². The van der Waals surface area contributed by atoms with Crippen molar-refractivity contribution in [2.24, 2.45) is 5.92 Å². The standard InChI is InChI=1S/C10H20N2O3/c1-7(2)9(10(14)15)11-6-5-8(13)12(3)4/h7,9,11H,5-6H2,1-4H3,(H,14,15). The van der Waals surface area contributed by atoms with Crippen LogP contribution < -0.4 is 5.32 Å². The summed E-state index contributed by atoms with van der Waals surface area (Å²) in [5.41, 5.74) is 0. The molecule has 0 aliphatic rings. The zero-order valence-corrected chi connectivity index (χ0v) is 9.78. The molecule has 5 heteroatoms. The molecule has 0 radical (unpaired) electrons. The second-order valence-corrected chi connectivity index (χ2v) is 4.05. The third kappa shape index (κ3) is 5.37. The van der Waals surface area contributed by atoms with E-state index in [0.717, 1.165) is 0 Å². The van der Waals surface area contributed by atoms with Gasteiger partial charge in [0.05, 0.1) is 0 Å². The number of hydrogen-bond acceptors (Lipinski definition) is 3. The van der Waals surface area contributed by atoms with Crippen LogP contribution in [-0.2, 0) is 9.59 Å². The lowest BCUT2D eigenvalue weighted by Gasteiger charge is -2.18. The molecular weight excluding hydrogens is 196 g/mol. The molecule has 0 aromatic heterocycles. The molecule has 0 aromatic carbocycles. The lowest BCUT2D eigenvalue weighted by molar-refractivity contribution is -0.141. The molecule has 0 saturated heterocycles. The number of carbonyl (C=O) groups excluding carboxylic acids is 1. The van der Waals surface area contributed by atoms with E-state index in [9.17, 15) is 9.59 Å². The highest BCUT2D eigenvalue weighted by molar-refractivity contribution is 5.76. The predicted octanol–water partition coefficient (Wildman–Crippen LogP) is 0.164. The van der Waals surface area contributed by atoms with E-state index in [4.69, 9.17) is 5.11 Å². The van der Waals surface area contributed by atoms with Crippen molar-refractivity contribution in [3.05, 3.63) is 0 Å². The maximum Gasteiger partial charge on any atom is 0.320 e. The highest BCUT2D eigenvalue weighted by Crippen LogP contribution is 2.01. The molecule has 0 rings (SSSR count). The van der Waals surface area contributed by atoms with Crippen LogP contribution in [0.5, 0.6) is 0 Å². The fourth-order valence-corrected chi connectivity index (χ4v) is 1.17. The average molecular weight is 216 g/mol. The molecule has 88 valence electrons. The van der Waals surface area contributed by atoms with Crippen LogP contribution in [0.1, 0.15) is 20.3 Å². The molecule has 0 aliphatic heterocycles. The maximum absolute atomic E-state index is 11.2. The van der Waals surface area contributed by atoms with Gasteiger partial charge in [0.1, 0.15) is 6.04 Å². The van der Waals surface area contributed by atoms with Gasteiger partial charge in [-0.15, -0.1) is 0 Å². The Labute approximate surface area is 90.5 Å². The first kappa shape index (κ1) is 13.9. The van der Waals surface area contributed by atoms with E-state index in [1.165, 1.54) is 4.90 Å². The smallest absolute Gasteiger partial charge is 0.320 e. The topological polar surface area (TPSA) is 69.6 Å². The zero-order chi connectivity index (χ0) is 12.0. The summed E-state index contributed by atoms with van der Waals surface area (Å²) < 4.78 is 0. The quantitative estimate of drug-likeness (QED) is 0.663. The Hall–Kier alpha value is -1.10. The van der Waals surface area contributed by atoms with E-state index < -0.39 is 12.0 Å². The van der Waals surface area contributed by atoms with Gasteiger partial charge in [-0.1, -0.05) is 13.8 Å². The molecule has 0 saturated carbocycles. The van der Waals surface area contributed by atoms with Gasteiger partial charge in [-0.05, 0) is 5.92 Å². The molecule has 1 atom stereocenters. The lowest BCUT2D eigenvalue weighted by Crippen LogP contribution is -2.42. The Morgan fingerprint density at radius 2 is 1.87 bits per heavy atom. The van der Waals surface area contributed by atoms with Crippen molar-refractivity contribution in [1.82, 2.24) is 10.2 Å². The van der Waals surface area contributed by atoms with Crippen LogP contribution in [0.3, 0.4) is 0 Å². The normalized spacial score (nSPS) is 12.6. The Morgan fingerprint density at radius 1 is 1.33 bits per heavy atom. The summed E-state index contributed by atoms with van der Waals surface area (Å²) in [5.74, 6) is -0.866. The highest BCUT2D eigenvalue weighted by Gasteiger charge is 2.20. The van der Waals surface area contributed by atoms with Crippen LogP contribution in [0, 0.1) is 5.92 Å². The second-order valence-electron chi connectivity index (χ2n) is 4.05. The molecule has 2 N–H and O–H groups in total. The SMILES string of the molecule is CC(C)C(NCCC(=O)N(C)C)C(=O)O. The summed E-state index contributed by atoms with van der Waals surface area (Å²) in [7, 11) is 3.36. The van der Waals surface area contributed by atoms with Crippen LogP contribution in [-0.4, -0.2) is 48.6 Å². The molecule has 5 nitrogen and oxygen atoms in total. The van der Waals surface area contributed by atoms with Crippen LogP contribution in [0.2, 0.25) is 0 Å². The van der Waals surface area contributed by atoms with Gasteiger partial charge in [0.2, 0.25) is 5.91 Å². The summed E-state index contributed by atoms with van der Waals surface area (Å²) >= 11 is 0. The Bertz CT molecular complexity index is 227. The van der Waals surface area contributed by atoms with Crippen molar-refractivity contribution in [3.63, 3.8) is 0 Å². The molecule has 1 amide bonds. The van der Waals surface area contributed by atoms with E-state index in [1.807, 2.05) is 13.8 Å². The molecule has 0 aromatic rings. The van der Waals surface area contributed by atoms with E-state index in [1.54, 1.807) is 14.1 Å². The number of amides is 1. The number of nitrogens with zero attached hydrogens (tertiary/aromatic N) is 1. The van der Waals surface area contributed by atoms with E-state index in [0.29, 0.717) is 13.0 Å². The number of rotatable bonds is 6. The Balaban J connectivity index is 3.92. The molecule has 0 bridgehead atoms. The third-order valence-corrected chi connectivity index (χ3v) is 2.13. The van der Waals surface area contributed by atoms with E-state index in [-0.39, 0.29) is 11.8 Å². The van der Waals surface area contributed by atoms with Crippen molar-refractivity contribution >= 4 is 11.9 Å². The molecule has 0 aliphatic carbocycles. The molecular formula is C10H20N2O3. The molecule has 15 heavy (non-hydrogen) atoms. The first-order chi connectivity index (χ1) is 6.86. The highest BCUT2D eigenvalue weighted by atomic mass is 16.4. The van der Waals surface area contributed by atoms with Gasteiger partial charge >= 0.3 is 5.97 Å². The van der Waals surface area contributed by atoms with Crippen molar-refractivity contribution in [2.45, 2.75) is 26.3 Å². The van der Waals surface area contributed by atoms with Crippen LogP contribution >= 0.6 is 0 Å². The lowest BCUT2D eigenvalue weighted by atomic mass is 10.0. The van der Waals surface area contributed by atoms with Gasteiger partial charge in [0, 0.05) is 27.1 Å². The number of aliphatic carboxylic acids is 1. The van der Waals surface area contributed by atoms with E-state index in [2.05, 4.69) is 5.32 Å². The molecule has 0 spiro atoms. The van der Waals surface area contributed by atoms with Crippen LogP contribution in [0.25, 0.3) is 0 Å².